The highest BCUT2D eigenvalue weighted by Crippen LogP contribution is 2.34. The van der Waals surface area contributed by atoms with E-state index in [9.17, 15) is 4.79 Å². The molecule has 0 N–H and O–H groups in total. The Hall–Kier alpha value is -1.46. The van der Waals surface area contributed by atoms with Crippen LogP contribution in [0.4, 0.5) is 4.79 Å². The van der Waals surface area contributed by atoms with E-state index in [0.717, 1.165) is 18.6 Å². The molecule has 1 aliphatic rings. The maximum atomic E-state index is 11.2. The van der Waals surface area contributed by atoms with Gasteiger partial charge in [-0.1, -0.05) is 17.7 Å². The van der Waals surface area contributed by atoms with Crippen LogP contribution in [0.3, 0.4) is 0 Å². The molecule has 1 unspecified atom stereocenters. The summed E-state index contributed by atoms with van der Waals surface area (Å²) in [4.78, 5) is 11.2. The maximum absolute atomic E-state index is 11.2. The zero-order valence-electron chi connectivity index (χ0n) is 12.0. The van der Waals surface area contributed by atoms with Gasteiger partial charge in [0.05, 0.1) is 13.2 Å². The number of hydrogen-bond acceptors (Lipinski definition) is 5. The second-order valence-corrected chi connectivity index (χ2v) is 5.18. The number of benzene rings is 1. The zero-order valence-corrected chi connectivity index (χ0v) is 12.7. The van der Waals surface area contributed by atoms with Crippen molar-refractivity contribution in [3.8, 4) is 5.75 Å². The summed E-state index contributed by atoms with van der Waals surface area (Å²) < 4.78 is 20.7. The van der Waals surface area contributed by atoms with Crippen LogP contribution in [0.15, 0.2) is 24.3 Å². The highest BCUT2D eigenvalue weighted by molar-refractivity contribution is 6.30. The fraction of sp³-hybridized carbons (Fsp3) is 0.533. The third kappa shape index (κ3) is 5.44. The van der Waals surface area contributed by atoms with Crippen LogP contribution in [0.1, 0.15) is 26.2 Å². The smallest absolute Gasteiger partial charge is 0.494 e. The summed E-state index contributed by atoms with van der Waals surface area (Å²) in [5.74, 6) is -0.0230. The van der Waals surface area contributed by atoms with Crippen LogP contribution in [-0.2, 0) is 14.2 Å². The van der Waals surface area contributed by atoms with E-state index < -0.39 is 11.9 Å². The third-order valence-corrected chi connectivity index (χ3v) is 3.25. The number of hydrogen-bond donors (Lipinski definition) is 0. The highest BCUT2D eigenvalue weighted by Gasteiger charge is 2.49. The molecule has 0 saturated carbocycles. The number of carbonyl (C=O) groups excluding carboxylic acids is 1. The fourth-order valence-corrected chi connectivity index (χ4v) is 2.06. The lowest BCUT2D eigenvalue weighted by Gasteiger charge is -2.12. The Morgan fingerprint density at radius 2 is 2.24 bits per heavy atom. The molecular weight excluding hydrogens is 296 g/mol. The van der Waals surface area contributed by atoms with Crippen molar-refractivity contribution in [2.45, 2.75) is 32.0 Å². The van der Waals surface area contributed by atoms with Gasteiger partial charge in [0, 0.05) is 11.4 Å². The second-order valence-electron chi connectivity index (χ2n) is 4.75. The Morgan fingerprint density at radius 3 is 2.90 bits per heavy atom. The average molecular weight is 315 g/mol. The molecule has 0 spiro atoms. The summed E-state index contributed by atoms with van der Waals surface area (Å²) in [5, 5.41) is 0.653. The fourth-order valence-electron chi connectivity index (χ4n) is 1.88. The molecule has 5 nitrogen and oxygen atoms in total. The summed E-state index contributed by atoms with van der Waals surface area (Å²) in [6.45, 7) is 3.04. The van der Waals surface area contributed by atoms with Crippen LogP contribution in [0.5, 0.6) is 5.75 Å². The Morgan fingerprint density at radius 1 is 1.43 bits per heavy atom. The molecule has 2 rings (SSSR count). The number of halogens is 1. The van der Waals surface area contributed by atoms with Gasteiger partial charge >= 0.3 is 6.16 Å². The first kappa shape index (κ1) is 15.9. The highest BCUT2D eigenvalue weighted by atomic mass is 35.5. The quantitative estimate of drug-likeness (QED) is 0.415. The van der Waals surface area contributed by atoms with E-state index in [-0.39, 0.29) is 0 Å². The van der Waals surface area contributed by atoms with E-state index in [2.05, 4.69) is 0 Å². The van der Waals surface area contributed by atoms with Crippen LogP contribution in [0, 0.1) is 0 Å². The lowest BCUT2D eigenvalue weighted by molar-refractivity contribution is -0.0383. The van der Waals surface area contributed by atoms with Gasteiger partial charge in [0.1, 0.15) is 12.4 Å². The third-order valence-electron chi connectivity index (χ3n) is 3.01. The van der Waals surface area contributed by atoms with Crippen LogP contribution < -0.4 is 4.74 Å². The minimum Gasteiger partial charge on any atom is -0.494 e. The Bertz CT molecular complexity index is 473. The predicted molar refractivity (Wildman–Crippen MR) is 77.6 cm³/mol. The molecule has 1 heterocycles. The van der Waals surface area contributed by atoms with Crippen molar-refractivity contribution in [3.63, 3.8) is 0 Å². The van der Waals surface area contributed by atoms with Gasteiger partial charge in [-0.3, -0.25) is 0 Å². The van der Waals surface area contributed by atoms with Crippen LogP contribution in [0.2, 0.25) is 5.02 Å². The van der Waals surface area contributed by atoms with E-state index in [1.807, 2.05) is 12.1 Å². The molecule has 1 fully saturated rings. The molecule has 0 amide bonds. The normalized spacial score (nSPS) is 19.9. The van der Waals surface area contributed by atoms with E-state index in [0.29, 0.717) is 31.3 Å². The SMILES string of the molecule is CCOC(=O)OC1(CCCCOc2cccc(Cl)c2)CO1. The standard InChI is InChI=1S/C15H19ClO5/c1-2-18-14(17)21-15(11-20-15)8-3-4-9-19-13-7-5-6-12(16)10-13/h5-7,10H,2-4,8-9,11H2,1H3. The second kappa shape index (κ2) is 7.52. The lowest BCUT2D eigenvalue weighted by atomic mass is 10.2. The minimum absolute atomic E-state index is 0.294. The van der Waals surface area contributed by atoms with Crippen molar-refractivity contribution in [1.82, 2.24) is 0 Å². The molecule has 1 aliphatic heterocycles. The van der Waals surface area contributed by atoms with Gasteiger partial charge in [-0.15, -0.1) is 0 Å². The monoisotopic (exact) mass is 314 g/mol. The molecule has 0 aliphatic carbocycles. The van der Waals surface area contributed by atoms with Crippen LogP contribution >= 0.6 is 11.6 Å². The summed E-state index contributed by atoms with van der Waals surface area (Å²) >= 11 is 5.87. The topological polar surface area (TPSA) is 57.3 Å². The van der Waals surface area contributed by atoms with Crippen molar-refractivity contribution in [2.24, 2.45) is 0 Å². The largest absolute Gasteiger partial charge is 0.510 e. The van der Waals surface area contributed by atoms with E-state index in [1.54, 1.807) is 19.1 Å². The Labute approximate surface area is 129 Å². The summed E-state index contributed by atoms with van der Waals surface area (Å²) in [7, 11) is 0. The summed E-state index contributed by atoms with van der Waals surface area (Å²) in [5.41, 5.74) is 0. The van der Waals surface area contributed by atoms with Gasteiger partial charge in [-0.2, -0.15) is 0 Å². The molecule has 0 bridgehead atoms. The lowest BCUT2D eigenvalue weighted by Crippen LogP contribution is -2.22. The molecule has 1 aromatic rings. The first-order chi connectivity index (χ1) is 10.1. The zero-order chi connectivity index (χ0) is 15.1. The molecule has 1 atom stereocenters. The molecule has 0 aromatic heterocycles. The average Bonchev–Trinajstić information content (AvgIpc) is 3.18. The van der Waals surface area contributed by atoms with Crippen molar-refractivity contribution < 1.29 is 23.7 Å². The molecule has 1 saturated heterocycles. The summed E-state index contributed by atoms with van der Waals surface area (Å²) in [6, 6.07) is 7.28. The van der Waals surface area contributed by atoms with Crippen molar-refractivity contribution in [1.29, 1.82) is 0 Å². The number of epoxide rings is 1. The van der Waals surface area contributed by atoms with Crippen LogP contribution in [-0.4, -0.2) is 31.8 Å². The number of unbranched alkanes of at least 4 members (excludes halogenated alkanes) is 1. The molecule has 0 radical (unpaired) electrons. The predicted octanol–water partition coefficient (Wildman–Crippen LogP) is 3.79. The van der Waals surface area contributed by atoms with Gasteiger partial charge < -0.3 is 18.9 Å². The van der Waals surface area contributed by atoms with Crippen molar-refractivity contribution in [2.75, 3.05) is 19.8 Å². The summed E-state index contributed by atoms with van der Waals surface area (Å²) in [6.07, 6.45) is 1.64. The first-order valence-corrected chi connectivity index (χ1v) is 7.39. The van der Waals surface area contributed by atoms with Gasteiger partial charge in [-0.05, 0) is 38.0 Å². The van der Waals surface area contributed by atoms with Gasteiger partial charge in [0.25, 0.3) is 0 Å². The van der Waals surface area contributed by atoms with E-state index in [1.165, 1.54) is 0 Å². The van der Waals surface area contributed by atoms with Gasteiger partial charge in [-0.25, -0.2) is 4.79 Å². The number of carbonyl (C=O) groups is 1. The van der Waals surface area contributed by atoms with Crippen molar-refractivity contribution in [3.05, 3.63) is 29.3 Å². The molecular formula is C15H19ClO5. The molecule has 1 aromatic carbocycles. The van der Waals surface area contributed by atoms with Gasteiger partial charge in [0.2, 0.25) is 5.79 Å². The first-order valence-electron chi connectivity index (χ1n) is 7.02. The number of ether oxygens (including phenoxy) is 4. The Kier molecular flexibility index (Phi) is 5.70. The maximum Gasteiger partial charge on any atom is 0.510 e. The minimum atomic E-state index is -0.775. The van der Waals surface area contributed by atoms with E-state index >= 15 is 0 Å². The van der Waals surface area contributed by atoms with Crippen LogP contribution in [0.25, 0.3) is 0 Å². The van der Waals surface area contributed by atoms with E-state index in [4.69, 9.17) is 30.5 Å². The molecule has 116 valence electrons. The van der Waals surface area contributed by atoms with Crippen molar-refractivity contribution >= 4 is 17.8 Å². The number of rotatable bonds is 8. The Balaban J connectivity index is 1.60. The molecule has 21 heavy (non-hydrogen) atoms. The van der Waals surface area contributed by atoms with Gasteiger partial charge in [0.15, 0.2) is 0 Å². The molecule has 6 heteroatoms.